The smallest absolute Gasteiger partial charge is 0.310 e. The molecule has 0 radical (unpaired) electrons. The lowest BCUT2D eigenvalue weighted by Gasteiger charge is -2.14. The number of alkyl halides is 3. The third-order valence-electron chi connectivity index (χ3n) is 2.46. The van der Waals surface area contributed by atoms with Crippen LogP contribution in [-0.2, 0) is 0 Å². The highest BCUT2D eigenvalue weighted by Crippen LogP contribution is 2.21. The summed E-state index contributed by atoms with van der Waals surface area (Å²) in [5.74, 6) is -0.321. The second-order valence-electron chi connectivity index (χ2n) is 3.95. The van der Waals surface area contributed by atoms with Gasteiger partial charge in [0.25, 0.3) is 0 Å². The van der Waals surface area contributed by atoms with Crippen LogP contribution in [-0.4, -0.2) is 12.7 Å². The fraction of sp³-hybridized carbons (Fsp3) is 0.500. The molecule has 0 aliphatic heterocycles. The van der Waals surface area contributed by atoms with Gasteiger partial charge in [0.1, 0.15) is 5.82 Å². The molecule has 1 aromatic rings. The van der Waals surface area contributed by atoms with Crippen molar-refractivity contribution in [3.63, 3.8) is 0 Å². The van der Waals surface area contributed by atoms with Crippen molar-refractivity contribution < 1.29 is 17.6 Å². The zero-order valence-electron chi connectivity index (χ0n) is 9.52. The molecular formula is C12H15F4N. The highest BCUT2D eigenvalue weighted by Gasteiger charge is 2.25. The molecule has 0 aromatic heterocycles. The Balaban J connectivity index is 2.30. The van der Waals surface area contributed by atoms with Crippen LogP contribution in [0, 0.1) is 5.82 Å². The van der Waals surface area contributed by atoms with Gasteiger partial charge in [-0.05, 0) is 37.6 Å². The quantitative estimate of drug-likeness (QED) is 0.618. The molecular weight excluding hydrogens is 234 g/mol. The molecule has 0 heterocycles. The van der Waals surface area contributed by atoms with E-state index in [9.17, 15) is 17.6 Å². The molecule has 1 rings (SSSR count). The largest absolute Gasteiger partial charge is 0.389 e. The van der Waals surface area contributed by atoms with Gasteiger partial charge in [-0.2, -0.15) is 13.2 Å². The standard InChI is InChI=1S/C12H15F4N/c1-9(10-3-5-11(13)6-4-10)17-8-2-7-12(14,15)16/h3-6,9,17H,2,7-8H2,1H3/t9-/m0/s1. The average molecular weight is 249 g/mol. The molecule has 0 fully saturated rings. The molecule has 0 unspecified atom stereocenters. The summed E-state index contributed by atoms with van der Waals surface area (Å²) >= 11 is 0. The molecule has 0 bridgehead atoms. The van der Waals surface area contributed by atoms with E-state index in [1.807, 2.05) is 6.92 Å². The van der Waals surface area contributed by atoms with Crippen molar-refractivity contribution in [3.05, 3.63) is 35.6 Å². The Hall–Kier alpha value is -1.10. The molecule has 1 aromatic carbocycles. The average Bonchev–Trinajstić information content (AvgIpc) is 2.24. The summed E-state index contributed by atoms with van der Waals surface area (Å²) in [6.45, 7) is 2.12. The second-order valence-corrected chi connectivity index (χ2v) is 3.95. The van der Waals surface area contributed by atoms with Gasteiger partial charge in [0.05, 0.1) is 0 Å². The van der Waals surface area contributed by atoms with E-state index in [1.165, 1.54) is 12.1 Å². The third kappa shape index (κ3) is 5.68. The first-order chi connectivity index (χ1) is 7.88. The van der Waals surface area contributed by atoms with Crippen LogP contribution in [0.25, 0.3) is 0 Å². The molecule has 0 amide bonds. The molecule has 5 heteroatoms. The fourth-order valence-electron chi connectivity index (χ4n) is 1.48. The van der Waals surface area contributed by atoms with Gasteiger partial charge < -0.3 is 5.32 Å². The number of hydrogen-bond donors (Lipinski definition) is 1. The van der Waals surface area contributed by atoms with Crippen molar-refractivity contribution >= 4 is 0 Å². The minimum absolute atomic E-state index is 0.0506. The zero-order chi connectivity index (χ0) is 12.9. The molecule has 0 saturated heterocycles. The number of nitrogens with one attached hydrogen (secondary N) is 1. The maximum Gasteiger partial charge on any atom is 0.389 e. The summed E-state index contributed by atoms with van der Waals surface area (Å²) in [7, 11) is 0. The van der Waals surface area contributed by atoms with Crippen LogP contribution in [0.2, 0.25) is 0 Å². The van der Waals surface area contributed by atoms with Crippen molar-refractivity contribution in [2.45, 2.75) is 32.0 Å². The maximum absolute atomic E-state index is 12.6. The number of rotatable bonds is 5. The van der Waals surface area contributed by atoms with Crippen LogP contribution in [0.1, 0.15) is 31.4 Å². The molecule has 0 aliphatic carbocycles. The Bertz CT molecular complexity index is 331. The van der Waals surface area contributed by atoms with Gasteiger partial charge in [-0.25, -0.2) is 4.39 Å². The van der Waals surface area contributed by atoms with Gasteiger partial charge in [0.15, 0.2) is 0 Å². The van der Waals surface area contributed by atoms with Crippen LogP contribution in [0.5, 0.6) is 0 Å². The van der Waals surface area contributed by atoms with Crippen LogP contribution < -0.4 is 5.32 Å². The number of halogens is 4. The summed E-state index contributed by atoms with van der Waals surface area (Å²) < 4.78 is 48.3. The number of benzene rings is 1. The summed E-state index contributed by atoms with van der Waals surface area (Å²) in [5, 5.41) is 2.97. The zero-order valence-corrected chi connectivity index (χ0v) is 9.52. The van der Waals surface area contributed by atoms with E-state index in [4.69, 9.17) is 0 Å². The van der Waals surface area contributed by atoms with Crippen molar-refractivity contribution in [2.24, 2.45) is 0 Å². The first-order valence-electron chi connectivity index (χ1n) is 5.44. The van der Waals surface area contributed by atoms with Gasteiger partial charge in [0.2, 0.25) is 0 Å². The van der Waals surface area contributed by atoms with Crippen LogP contribution in [0.4, 0.5) is 17.6 Å². The maximum atomic E-state index is 12.6. The molecule has 96 valence electrons. The van der Waals surface area contributed by atoms with Crippen molar-refractivity contribution in [3.8, 4) is 0 Å². The molecule has 0 aliphatic rings. The molecule has 1 N–H and O–H groups in total. The summed E-state index contributed by atoms with van der Waals surface area (Å²) in [4.78, 5) is 0. The van der Waals surface area contributed by atoms with Crippen LogP contribution in [0.3, 0.4) is 0 Å². The lowest BCUT2D eigenvalue weighted by Crippen LogP contribution is -2.21. The van der Waals surface area contributed by atoms with E-state index in [2.05, 4.69) is 5.32 Å². The first kappa shape index (κ1) is 14.0. The monoisotopic (exact) mass is 249 g/mol. The Morgan fingerprint density at radius 2 is 1.76 bits per heavy atom. The van der Waals surface area contributed by atoms with Crippen LogP contribution >= 0.6 is 0 Å². The van der Waals surface area contributed by atoms with Gasteiger partial charge >= 0.3 is 6.18 Å². The normalized spacial score (nSPS) is 13.7. The molecule has 17 heavy (non-hydrogen) atoms. The molecule has 1 atom stereocenters. The third-order valence-corrected chi connectivity index (χ3v) is 2.46. The second kappa shape index (κ2) is 6.00. The minimum atomic E-state index is -4.10. The van der Waals surface area contributed by atoms with E-state index >= 15 is 0 Å². The van der Waals surface area contributed by atoms with E-state index in [0.717, 1.165) is 5.56 Å². The topological polar surface area (TPSA) is 12.0 Å². The van der Waals surface area contributed by atoms with Crippen LogP contribution in [0.15, 0.2) is 24.3 Å². The van der Waals surface area contributed by atoms with E-state index in [1.54, 1.807) is 12.1 Å². The lowest BCUT2D eigenvalue weighted by molar-refractivity contribution is -0.135. The molecule has 1 nitrogen and oxygen atoms in total. The minimum Gasteiger partial charge on any atom is -0.310 e. The summed E-state index contributed by atoms with van der Waals surface area (Å²) in [5.41, 5.74) is 0.860. The fourth-order valence-corrected chi connectivity index (χ4v) is 1.48. The Morgan fingerprint density at radius 3 is 2.29 bits per heavy atom. The highest BCUT2D eigenvalue weighted by molar-refractivity contribution is 5.19. The van der Waals surface area contributed by atoms with E-state index in [-0.39, 0.29) is 24.8 Å². The predicted octanol–water partition coefficient (Wildman–Crippen LogP) is 3.82. The highest BCUT2D eigenvalue weighted by atomic mass is 19.4. The molecule has 0 spiro atoms. The van der Waals surface area contributed by atoms with Crippen molar-refractivity contribution in [1.29, 1.82) is 0 Å². The SMILES string of the molecule is C[C@H](NCCCC(F)(F)F)c1ccc(F)cc1. The van der Waals surface area contributed by atoms with Gasteiger partial charge in [-0.15, -0.1) is 0 Å². The number of hydrogen-bond acceptors (Lipinski definition) is 1. The van der Waals surface area contributed by atoms with Gasteiger partial charge in [-0.1, -0.05) is 12.1 Å². The summed E-state index contributed by atoms with van der Waals surface area (Å²) in [6, 6.07) is 5.84. The van der Waals surface area contributed by atoms with Crippen molar-refractivity contribution in [1.82, 2.24) is 5.32 Å². The molecule has 0 saturated carbocycles. The lowest BCUT2D eigenvalue weighted by atomic mass is 10.1. The van der Waals surface area contributed by atoms with E-state index in [0.29, 0.717) is 0 Å². The Labute approximate surface area is 97.8 Å². The summed E-state index contributed by atoms with van der Waals surface area (Å²) in [6.07, 6.45) is -4.83. The van der Waals surface area contributed by atoms with Gasteiger partial charge in [0, 0.05) is 12.5 Å². The first-order valence-corrected chi connectivity index (χ1v) is 5.44. The van der Waals surface area contributed by atoms with Crippen molar-refractivity contribution in [2.75, 3.05) is 6.54 Å². The van der Waals surface area contributed by atoms with E-state index < -0.39 is 12.6 Å². The Kier molecular flexibility index (Phi) is 4.93. The van der Waals surface area contributed by atoms with Gasteiger partial charge in [-0.3, -0.25) is 0 Å². The Morgan fingerprint density at radius 1 is 1.18 bits per heavy atom. The predicted molar refractivity (Wildman–Crippen MR) is 58.1 cm³/mol.